The van der Waals surface area contributed by atoms with Crippen molar-refractivity contribution >= 4 is 5.96 Å². The van der Waals surface area contributed by atoms with Crippen LogP contribution in [0.4, 0.5) is 0 Å². The molecule has 3 rings (SSSR count). The van der Waals surface area contributed by atoms with Crippen LogP contribution < -0.4 is 20.1 Å². The second-order valence-electron chi connectivity index (χ2n) is 6.12. The summed E-state index contributed by atoms with van der Waals surface area (Å²) in [5, 5.41) is 6.49. The molecular formula is C22H25N3O3. The van der Waals surface area contributed by atoms with Crippen molar-refractivity contribution < 1.29 is 13.9 Å². The number of ether oxygens (including phenoxy) is 2. The minimum atomic E-state index is 0.498. The van der Waals surface area contributed by atoms with Gasteiger partial charge in [0.25, 0.3) is 0 Å². The molecule has 0 aliphatic heterocycles. The highest BCUT2D eigenvalue weighted by Crippen LogP contribution is 2.28. The van der Waals surface area contributed by atoms with Crippen molar-refractivity contribution in [3.63, 3.8) is 0 Å². The quantitative estimate of drug-likeness (QED) is 0.461. The second-order valence-corrected chi connectivity index (χ2v) is 6.12. The SMILES string of the molecule is CN=C(NCc1ccc(OCc2ccccc2)c(OC)c1)NCc1ccco1. The molecule has 0 spiro atoms. The first-order valence-electron chi connectivity index (χ1n) is 9.09. The van der Waals surface area contributed by atoms with Gasteiger partial charge in [0.05, 0.1) is 19.9 Å². The van der Waals surface area contributed by atoms with E-state index in [-0.39, 0.29) is 0 Å². The highest BCUT2D eigenvalue weighted by atomic mass is 16.5. The Balaban J connectivity index is 1.55. The van der Waals surface area contributed by atoms with Crippen LogP contribution in [-0.4, -0.2) is 20.1 Å². The fourth-order valence-corrected chi connectivity index (χ4v) is 2.67. The molecule has 0 bridgehead atoms. The Kier molecular flexibility index (Phi) is 6.95. The van der Waals surface area contributed by atoms with Crippen LogP contribution in [0, 0.1) is 0 Å². The fourth-order valence-electron chi connectivity index (χ4n) is 2.67. The minimum absolute atomic E-state index is 0.498. The molecule has 0 aliphatic rings. The van der Waals surface area contributed by atoms with Crippen LogP contribution >= 0.6 is 0 Å². The van der Waals surface area contributed by atoms with Crippen molar-refractivity contribution in [2.24, 2.45) is 4.99 Å². The zero-order valence-corrected chi connectivity index (χ0v) is 16.1. The molecule has 6 heteroatoms. The largest absolute Gasteiger partial charge is 0.493 e. The highest BCUT2D eigenvalue weighted by molar-refractivity contribution is 5.79. The first-order valence-corrected chi connectivity index (χ1v) is 9.09. The number of rotatable bonds is 8. The van der Waals surface area contributed by atoms with Gasteiger partial charge in [0.1, 0.15) is 12.4 Å². The van der Waals surface area contributed by atoms with Gasteiger partial charge in [-0.25, -0.2) is 0 Å². The lowest BCUT2D eigenvalue weighted by Crippen LogP contribution is -2.36. The van der Waals surface area contributed by atoms with Gasteiger partial charge in [0.15, 0.2) is 17.5 Å². The van der Waals surface area contributed by atoms with E-state index in [9.17, 15) is 0 Å². The van der Waals surface area contributed by atoms with Crippen molar-refractivity contribution in [2.75, 3.05) is 14.2 Å². The molecule has 1 aromatic heterocycles. The molecule has 2 aromatic carbocycles. The maximum atomic E-state index is 5.90. The molecule has 0 saturated carbocycles. The topological polar surface area (TPSA) is 68.0 Å². The summed E-state index contributed by atoms with van der Waals surface area (Å²) >= 11 is 0. The van der Waals surface area contributed by atoms with Crippen LogP contribution in [0.3, 0.4) is 0 Å². The first-order chi connectivity index (χ1) is 13.8. The van der Waals surface area contributed by atoms with E-state index in [1.54, 1.807) is 20.4 Å². The third kappa shape index (κ3) is 5.54. The Bertz CT molecular complexity index is 877. The van der Waals surface area contributed by atoms with Crippen molar-refractivity contribution in [3.8, 4) is 11.5 Å². The van der Waals surface area contributed by atoms with Gasteiger partial charge in [0, 0.05) is 13.6 Å². The molecule has 0 atom stereocenters. The molecule has 0 amide bonds. The maximum absolute atomic E-state index is 5.90. The molecule has 28 heavy (non-hydrogen) atoms. The van der Waals surface area contributed by atoms with Gasteiger partial charge >= 0.3 is 0 Å². The van der Waals surface area contributed by atoms with Crippen LogP contribution in [0.15, 0.2) is 76.3 Å². The van der Waals surface area contributed by atoms with E-state index in [0.29, 0.717) is 31.4 Å². The Morgan fingerprint density at radius 3 is 2.46 bits per heavy atom. The summed E-state index contributed by atoms with van der Waals surface area (Å²) in [6.07, 6.45) is 1.65. The lowest BCUT2D eigenvalue weighted by atomic mass is 10.2. The van der Waals surface area contributed by atoms with Gasteiger partial charge in [-0.2, -0.15) is 0 Å². The van der Waals surface area contributed by atoms with Gasteiger partial charge in [-0.3, -0.25) is 4.99 Å². The summed E-state index contributed by atoms with van der Waals surface area (Å²) in [5.41, 5.74) is 2.17. The summed E-state index contributed by atoms with van der Waals surface area (Å²) in [7, 11) is 3.38. The fraction of sp³-hybridized carbons (Fsp3) is 0.227. The smallest absolute Gasteiger partial charge is 0.191 e. The molecule has 6 nitrogen and oxygen atoms in total. The average Bonchev–Trinajstić information content (AvgIpc) is 3.27. The number of furan rings is 1. The van der Waals surface area contributed by atoms with E-state index in [4.69, 9.17) is 13.9 Å². The summed E-state index contributed by atoms with van der Waals surface area (Å²) in [4.78, 5) is 4.22. The molecule has 0 unspecified atom stereocenters. The first kappa shape index (κ1) is 19.4. The van der Waals surface area contributed by atoms with Gasteiger partial charge < -0.3 is 24.5 Å². The number of nitrogens with one attached hydrogen (secondary N) is 2. The number of hydrogen-bond acceptors (Lipinski definition) is 4. The minimum Gasteiger partial charge on any atom is -0.493 e. The molecule has 0 fully saturated rings. The Morgan fingerprint density at radius 1 is 0.929 bits per heavy atom. The monoisotopic (exact) mass is 379 g/mol. The van der Waals surface area contributed by atoms with Crippen molar-refractivity contribution in [3.05, 3.63) is 83.8 Å². The summed E-state index contributed by atoms with van der Waals surface area (Å²) < 4.78 is 16.7. The highest BCUT2D eigenvalue weighted by Gasteiger charge is 2.07. The average molecular weight is 379 g/mol. The molecule has 146 valence electrons. The zero-order chi connectivity index (χ0) is 19.6. The number of methoxy groups -OCH3 is 1. The van der Waals surface area contributed by atoms with Crippen LogP contribution in [0.25, 0.3) is 0 Å². The molecule has 0 radical (unpaired) electrons. The zero-order valence-electron chi connectivity index (χ0n) is 16.1. The lowest BCUT2D eigenvalue weighted by molar-refractivity contribution is 0.284. The van der Waals surface area contributed by atoms with Crippen LogP contribution in [0.1, 0.15) is 16.9 Å². The number of guanidine groups is 1. The van der Waals surface area contributed by atoms with E-state index < -0.39 is 0 Å². The standard InChI is InChI=1S/C22H25N3O3/c1-23-22(25-15-19-9-6-12-27-19)24-14-18-10-11-20(21(13-18)26-2)28-16-17-7-4-3-5-8-17/h3-13H,14-16H2,1-2H3,(H2,23,24,25). The van der Waals surface area contributed by atoms with E-state index in [0.717, 1.165) is 22.6 Å². The van der Waals surface area contributed by atoms with Crippen LogP contribution in [0.5, 0.6) is 11.5 Å². The van der Waals surface area contributed by atoms with Crippen LogP contribution in [0.2, 0.25) is 0 Å². The maximum Gasteiger partial charge on any atom is 0.191 e. The normalized spacial score (nSPS) is 11.1. The van der Waals surface area contributed by atoms with Crippen LogP contribution in [-0.2, 0) is 19.7 Å². The van der Waals surface area contributed by atoms with Gasteiger partial charge in [-0.15, -0.1) is 0 Å². The lowest BCUT2D eigenvalue weighted by Gasteiger charge is -2.14. The number of benzene rings is 2. The van der Waals surface area contributed by atoms with Crippen molar-refractivity contribution in [2.45, 2.75) is 19.7 Å². The molecule has 0 aliphatic carbocycles. The molecule has 1 heterocycles. The molecule has 0 saturated heterocycles. The molecular weight excluding hydrogens is 354 g/mol. The van der Waals surface area contributed by atoms with Gasteiger partial charge in [-0.05, 0) is 35.4 Å². The molecule has 2 N–H and O–H groups in total. The van der Waals surface area contributed by atoms with Crippen molar-refractivity contribution in [1.82, 2.24) is 10.6 Å². The predicted molar refractivity (Wildman–Crippen MR) is 110 cm³/mol. The number of aliphatic imine (C=N–C) groups is 1. The summed E-state index contributed by atoms with van der Waals surface area (Å²) in [6.45, 7) is 1.67. The van der Waals surface area contributed by atoms with E-state index in [2.05, 4.69) is 15.6 Å². The van der Waals surface area contributed by atoms with Crippen molar-refractivity contribution in [1.29, 1.82) is 0 Å². The summed E-state index contributed by atoms with van der Waals surface area (Å²) in [5.74, 6) is 2.97. The van der Waals surface area contributed by atoms with Gasteiger partial charge in [0.2, 0.25) is 0 Å². The molecule has 3 aromatic rings. The Morgan fingerprint density at radius 2 is 1.75 bits per heavy atom. The summed E-state index contributed by atoms with van der Waals surface area (Å²) in [6, 6.07) is 19.7. The van der Waals surface area contributed by atoms with E-state index in [1.165, 1.54) is 0 Å². The third-order valence-electron chi connectivity index (χ3n) is 4.16. The Hall–Kier alpha value is -3.41. The Labute approximate surface area is 165 Å². The predicted octanol–water partition coefficient (Wildman–Crippen LogP) is 3.73. The van der Waals surface area contributed by atoms with E-state index >= 15 is 0 Å². The van der Waals surface area contributed by atoms with Gasteiger partial charge in [-0.1, -0.05) is 36.4 Å². The number of hydrogen-bond donors (Lipinski definition) is 2. The van der Waals surface area contributed by atoms with E-state index in [1.807, 2.05) is 60.7 Å². The third-order valence-corrected chi connectivity index (χ3v) is 4.16. The number of nitrogens with zero attached hydrogens (tertiary/aromatic N) is 1. The second kappa shape index (κ2) is 10.1.